The minimum Gasteiger partial charge on any atom is -0.347 e. The third kappa shape index (κ3) is 1.05. The molecule has 3 nitrogen and oxygen atoms in total. The van der Waals surface area contributed by atoms with Crippen LogP contribution in [0, 0.1) is 23.2 Å². The van der Waals surface area contributed by atoms with Gasteiger partial charge in [-0.15, -0.1) is 0 Å². The monoisotopic (exact) mass is 223 g/mol. The minimum atomic E-state index is -0.185. The van der Waals surface area contributed by atoms with Gasteiger partial charge in [-0.1, -0.05) is 0 Å². The van der Waals surface area contributed by atoms with E-state index < -0.39 is 0 Å². The molecule has 0 radical (unpaired) electrons. The van der Waals surface area contributed by atoms with E-state index in [1.54, 1.807) is 0 Å². The molecule has 4 saturated carbocycles. The molecule has 0 amide bonds. The fourth-order valence-electron chi connectivity index (χ4n) is 5.25. The number of hydrogen-bond donors (Lipinski definition) is 1. The Labute approximate surface area is 96.7 Å². The summed E-state index contributed by atoms with van der Waals surface area (Å²) in [6.45, 7) is 2.47. The first kappa shape index (κ1) is 9.86. The van der Waals surface area contributed by atoms with E-state index in [0.29, 0.717) is 17.3 Å². The Balaban J connectivity index is 1.72. The second kappa shape index (κ2) is 3.01. The number of hydrogen-bond acceptors (Lipinski definition) is 3. The molecule has 5 aliphatic rings. The van der Waals surface area contributed by atoms with Gasteiger partial charge in [0.05, 0.1) is 13.2 Å². The number of nitrogens with two attached hydrogens (primary N) is 1. The number of rotatable bonds is 1. The molecule has 0 aromatic rings. The summed E-state index contributed by atoms with van der Waals surface area (Å²) >= 11 is 0. The molecule has 2 unspecified atom stereocenters. The van der Waals surface area contributed by atoms with E-state index in [1.165, 1.54) is 32.1 Å². The quantitative estimate of drug-likeness (QED) is 0.733. The predicted molar refractivity (Wildman–Crippen MR) is 59.7 cm³/mol. The molecule has 3 heteroatoms. The van der Waals surface area contributed by atoms with Crippen LogP contribution in [0.1, 0.15) is 32.1 Å². The summed E-state index contributed by atoms with van der Waals surface area (Å²) < 4.78 is 12.1. The van der Waals surface area contributed by atoms with Crippen molar-refractivity contribution in [1.29, 1.82) is 0 Å². The summed E-state index contributed by atoms with van der Waals surface area (Å²) in [5, 5.41) is 0. The van der Waals surface area contributed by atoms with Gasteiger partial charge < -0.3 is 15.2 Å². The van der Waals surface area contributed by atoms with E-state index in [2.05, 4.69) is 0 Å². The van der Waals surface area contributed by atoms with Gasteiger partial charge in [0.2, 0.25) is 0 Å². The molecule has 16 heavy (non-hydrogen) atoms. The van der Waals surface area contributed by atoms with Gasteiger partial charge in [0.15, 0.2) is 5.79 Å². The van der Waals surface area contributed by atoms with Gasteiger partial charge >= 0.3 is 0 Å². The van der Waals surface area contributed by atoms with Gasteiger partial charge in [0, 0.05) is 11.8 Å². The first-order valence-electron chi connectivity index (χ1n) is 6.74. The number of ether oxygens (including phenoxy) is 2. The van der Waals surface area contributed by atoms with Crippen LogP contribution in [0.4, 0.5) is 0 Å². The third-order valence-electron chi connectivity index (χ3n) is 5.63. The summed E-state index contributed by atoms with van der Waals surface area (Å²) in [7, 11) is 0. The van der Waals surface area contributed by atoms with Gasteiger partial charge in [-0.25, -0.2) is 0 Å². The lowest BCUT2D eigenvalue weighted by atomic mass is 9.47. The third-order valence-corrected chi connectivity index (χ3v) is 5.63. The highest BCUT2D eigenvalue weighted by atomic mass is 16.7. The van der Waals surface area contributed by atoms with E-state index in [-0.39, 0.29) is 5.79 Å². The van der Waals surface area contributed by atoms with E-state index >= 15 is 0 Å². The van der Waals surface area contributed by atoms with Crippen molar-refractivity contribution in [3.63, 3.8) is 0 Å². The molecule has 4 bridgehead atoms. The average molecular weight is 223 g/mol. The maximum atomic E-state index is 6.04. The molecule has 5 rings (SSSR count). The summed E-state index contributed by atoms with van der Waals surface area (Å²) in [5.41, 5.74) is 6.47. The second-order valence-electron chi connectivity index (χ2n) is 6.47. The Morgan fingerprint density at radius 3 is 2.19 bits per heavy atom. The first-order valence-corrected chi connectivity index (χ1v) is 6.74. The molecule has 1 saturated heterocycles. The molecule has 5 fully saturated rings. The van der Waals surface area contributed by atoms with Crippen molar-refractivity contribution in [1.82, 2.24) is 0 Å². The maximum absolute atomic E-state index is 6.04. The highest BCUT2D eigenvalue weighted by Crippen LogP contribution is 2.65. The SMILES string of the molecule is NCC12CC3CC(C1)C1(OCCO1)C(C3)C2. The Kier molecular flexibility index (Phi) is 1.85. The fraction of sp³-hybridized carbons (Fsp3) is 1.00. The molecular weight excluding hydrogens is 202 g/mol. The zero-order valence-corrected chi connectivity index (χ0v) is 9.78. The van der Waals surface area contributed by atoms with Gasteiger partial charge in [-0.2, -0.15) is 0 Å². The molecule has 1 heterocycles. The normalized spacial score (nSPS) is 52.7. The van der Waals surface area contributed by atoms with Crippen LogP contribution in [0.25, 0.3) is 0 Å². The molecular formula is C13H21NO2. The standard InChI is InChI=1S/C13H21NO2/c14-8-12-5-9-3-10(6-12)13(11(4-9)7-12)15-1-2-16-13/h9-11H,1-8,14H2. The second-order valence-corrected chi connectivity index (χ2v) is 6.47. The van der Waals surface area contributed by atoms with Crippen LogP contribution < -0.4 is 5.73 Å². The average Bonchev–Trinajstić information content (AvgIpc) is 2.75. The van der Waals surface area contributed by atoms with Crippen LogP contribution in [0.5, 0.6) is 0 Å². The Bertz CT molecular complexity index is 293. The summed E-state index contributed by atoms with van der Waals surface area (Å²) in [6.07, 6.45) is 6.50. The van der Waals surface area contributed by atoms with E-state index in [0.717, 1.165) is 25.7 Å². The molecule has 1 spiro atoms. The van der Waals surface area contributed by atoms with Crippen LogP contribution in [0.3, 0.4) is 0 Å². The summed E-state index contributed by atoms with van der Waals surface area (Å²) in [6, 6.07) is 0. The van der Waals surface area contributed by atoms with Crippen molar-refractivity contribution in [3.05, 3.63) is 0 Å². The summed E-state index contributed by atoms with van der Waals surface area (Å²) in [4.78, 5) is 0. The molecule has 2 atom stereocenters. The molecule has 0 aromatic heterocycles. The Morgan fingerprint density at radius 1 is 1.00 bits per heavy atom. The van der Waals surface area contributed by atoms with Crippen molar-refractivity contribution in [3.8, 4) is 0 Å². The van der Waals surface area contributed by atoms with Crippen molar-refractivity contribution in [2.45, 2.75) is 37.9 Å². The fourth-order valence-corrected chi connectivity index (χ4v) is 5.25. The Hall–Kier alpha value is -0.120. The zero-order valence-electron chi connectivity index (χ0n) is 9.78. The van der Waals surface area contributed by atoms with Crippen molar-refractivity contribution >= 4 is 0 Å². The Morgan fingerprint density at radius 2 is 1.62 bits per heavy atom. The lowest BCUT2D eigenvalue weighted by Gasteiger charge is -2.62. The smallest absolute Gasteiger partial charge is 0.174 e. The van der Waals surface area contributed by atoms with Crippen molar-refractivity contribution in [2.24, 2.45) is 28.9 Å². The molecule has 2 N–H and O–H groups in total. The van der Waals surface area contributed by atoms with Crippen molar-refractivity contribution < 1.29 is 9.47 Å². The summed E-state index contributed by atoms with van der Waals surface area (Å²) in [5.74, 6) is 1.98. The van der Waals surface area contributed by atoms with Crippen LogP contribution in [-0.2, 0) is 9.47 Å². The van der Waals surface area contributed by atoms with Crippen LogP contribution in [0.15, 0.2) is 0 Å². The topological polar surface area (TPSA) is 44.5 Å². The van der Waals surface area contributed by atoms with Gasteiger partial charge in [-0.3, -0.25) is 0 Å². The van der Waals surface area contributed by atoms with Gasteiger partial charge in [0.1, 0.15) is 0 Å². The van der Waals surface area contributed by atoms with E-state index in [9.17, 15) is 0 Å². The zero-order chi connectivity index (χ0) is 10.8. The molecule has 90 valence electrons. The van der Waals surface area contributed by atoms with Crippen LogP contribution in [0.2, 0.25) is 0 Å². The largest absolute Gasteiger partial charge is 0.347 e. The maximum Gasteiger partial charge on any atom is 0.174 e. The van der Waals surface area contributed by atoms with E-state index in [1.807, 2.05) is 0 Å². The van der Waals surface area contributed by atoms with Crippen LogP contribution in [-0.4, -0.2) is 25.5 Å². The molecule has 4 aliphatic carbocycles. The van der Waals surface area contributed by atoms with E-state index in [4.69, 9.17) is 15.2 Å². The molecule has 0 aromatic carbocycles. The lowest BCUT2D eigenvalue weighted by Crippen LogP contribution is -2.63. The van der Waals surface area contributed by atoms with Gasteiger partial charge in [0.25, 0.3) is 0 Å². The van der Waals surface area contributed by atoms with Crippen LogP contribution >= 0.6 is 0 Å². The highest BCUT2D eigenvalue weighted by molar-refractivity contribution is 5.10. The first-order chi connectivity index (χ1) is 7.76. The van der Waals surface area contributed by atoms with Gasteiger partial charge in [-0.05, 0) is 50.0 Å². The lowest BCUT2D eigenvalue weighted by molar-refractivity contribution is -0.301. The highest BCUT2D eigenvalue weighted by Gasteiger charge is 2.64. The predicted octanol–water partition coefficient (Wildman–Crippen LogP) is 1.51. The van der Waals surface area contributed by atoms with Crippen molar-refractivity contribution in [2.75, 3.05) is 19.8 Å². The molecule has 1 aliphatic heterocycles. The minimum absolute atomic E-state index is 0.185.